The number of nitrogens with zero attached hydrogens (tertiary/aromatic N) is 3. The lowest BCUT2D eigenvalue weighted by atomic mass is 9.99. The first-order chi connectivity index (χ1) is 8.49. The number of nitro groups is 1. The van der Waals surface area contributed by atoms with E-state index in [1.54, 1.807) is 13.0 Å². The lowest BCUT2D eigenvalue weighted by Gasteiger charge is -2.37. The maximum absolute atomic E-state index is 10.8. The van der Waals surface area contributed by atoms with Gasteiger partial charge in [0.05, 0.1) is 4.92 Å². The summed E-state index contributed by atoms with van der Waals surface area (Å²) in [5.41, 5.74) is 6.64. The van der Waals surface area contributed by atoms with E-state index in [0.29, 0.717) is 11.6 Å². The molecule has 0 aromatic carbocycles. The number of hydrogen-bond acceptors (Lipinski definition) is 5. The van der Waals surface area contributed by atoms with Crippen LogP contribution in [0, 0.1) is 17.0 Å². The number of nitrogens with two attached hydrogens (primary N) is 1. The topological polar surface area (TPSA) is 85.3 Å². The van der Waals surface area contributed by atoms with Crippen LogP contribution in [0.4, 0.5) is 11.5 Å². The Kier molecular flexibility index (Phi) is 3.47. The molecule has 2 heterocycles. The van der Waals surface area contributed by atoms with Gasteiger partial charge in [0.25, 0.3) is 5.69 Å². The van der Waals surface area contributed by atoms with Gasteiger partial charge in [-0.25, -0.2) is 4.98 Å². The Morgan fingerprint density at radius 2 is 2.33 bits per heavy atom. The quantitative estimate of drug-likeness (QED) is 0.636. The molecule has 0 radical (unpaired) electrons. The van der Waals surface area contributed by atoms with Gasteiger partial charge in [0.15, 0.2) is 0 Å². The summed E-state index contributed by atoms with van der Waals surface area (Å²) in [6.07, 6.45) is 3.20. The van der Waals surface area contributed by atoms with Crippen molar-refractivity contribution in [1.82, 2.24) is 4.98 Å². The van der Waals surface area contributed by atoms with E-state index in [4.69, 9.17) is 5.73 Å². The normalized spacial score (nSPS) is 24.1. The standard InChI is InChI=1S/C12H18N4O2/c1-8-5-12(14-7-11(8)16(17)18)15-4-3-10(13)6-9(15)2/h5,7,9-10H,3-4,6,13H2,1-2H3. The maximum Gasteiger partial charge on any atom is 0.290 e. The Hall–Kier alpha value is -1.69. The molecule has 1 fully saturated rings. The number of aryl methyl sites for hydroxylation is 1. The van der Waals surface area contributed by atoms with Crippen LogP contribution in [0.25, 0.3) is 0 Å². The second-order valence-electron chi connectivity index (χ2n) is 4.91. The van der Waals surface area contributed by atoms with Crippen molar-refractivity contribution in [2.75, 3.05) is 11.4 Å². The highest BCUT2D eigenvalue weighted by atomic mass is 16.6. The van der Waals surface area contributed by atoms with Crippen molar-refractivity contribution in [1.29, 1.82) is 0 Å². The Bertz CT molecular complexity index is 463. The summed E-state index contributed by atoms with van der Waals surface area (Å²) in [5.74, 6) is 0.803. The van der Waals surface area contributed by atoms with Gasteiger partial charge in [-0.2, -0.15) is 0 Å². The van der Waals surface area contributed by atoms with Crippen LogP contribution in [-0.4, -0.2) is 28.5 Å². The molecule has 2 unspecified atom stereocenters. The number of piperidine rings is 1. The van der Waals surface area contributed by atoms with Crippen molar-refractivity contribution < 1.29 is 4.92 Å². The molecule has 98 valence electrons. The van der Waals surface area contributed by atoms with Gasteiger partial charge in [0.1, 0.15) is 12.0 Å². The lowest BCUT2D eigenvalue weighted by Crippen LogP contribution is -2.46. The Morgan fingerprint density at radius 1 is 1.61 bits per heavy atom. The minimum atomic E-state index is -0.401. The van der Waals surface area contributed by atoms with Crippen LogP contribution in [0.2, 0.25) is 0 Å². The fourth-order valence-corrected chi connectivity index (χ4v) is 2.43. The Balaban J connectivity index is 2.24. The number of hydrogen-bond donors (Lipinski definition) is 1. The Morgan fingerprint density at radius 3 is 2.89 bits per heavy atom. The second kappa shape index (κ2) is 4.89. The summed E-state index contributed by atoms with van der Waals surface area (Å²) >= 11 is 0. The van der Waals surface area contributed by atoms with Crippen LogP contribution in [0.15, 0.2) is 12.3 Å². The zero-order chi connectivity index (χ0) is 13.3. The SMILES string of the molecule is Cc1cc(N2CCC(N)CC2C)ncc1[N+](=O)[O-]. The van der Waals surface area contributed by atoms with Crippen LogP contribution < -0.4 is 10.6 Å². The third kappa shape index (κ3) is 2.43. The first kappa shape index (κ1) is 12.8. The van der Waals surface area contributed by atoms with Crippen LogP contribution in [0.5, 0.6) is 0 Å². The lowest BCUT2D eigenvalue weighted by molar-refractivity contribution is -0.385. The molecule has 0 saturated carbocycles. The summed E-state index contributed by atoms with van der Waals surface area (Å²) in [4.78, 5) is 16.7. The van der Waals surface area contributed by atoms with Crippen molar-refractivity contribution in [3.63, 3.8) is 0 Å². The molecule has 2 rings (SSSR count). The molecule has 0 bridgehead atoms. The number of aromatic nitrogens is 1. The average Bonchev–Trinajstić information content (AvgIpc) is 2.28. The number of anilines is 1. The molecule has 1 aromatic rings. The van der Waals surface area contributed by atoms with Gasteiger partial charge in [-0.1, -0.05) is 0 Å². The van der Waals surface area contributed by atoms with Crippen molar-refractivity contribution in [3.8, 4) is 0 Å². The maximum atomic E-state index is 10.8. The molecule has 0 aliphatic carbocycles. The summed E-state index contributed by atoms with van der Waals surface area (Å²) in [6, 6.07) is 2.35. The fraction of sp³-hybridized carbons (Fsp3) is 0.583. The molecule has 2 N–H and O–H groups in total. The van der Waals surface area contributed by atoms with Gasteiger partial charge in [-0.15, -0.1) is 0 Å². The molecule has 0 spiro atoms. The minimum absolute atomic E-state index is 0.0695. The fourth-order valence-electron chi connectivity index (χ4n) is 2.43. The third-order valence-electron chi connectivity index (χ3n) is 3.48. The first-order valence-corrected chi connectivity index (χ1v) is 6.12. The second-order valence-corrected chi connectivity index (χ2v) is 4.91. The van der Waals surface area contributed by atoms with Crippen molar-refractivity contribution in [3.05, 3.63) is 27.9 Å². The highest BCUT2D eigenvalue weighted by Crippen LogP contribution is 2.26. The van der Waals surface area contributed by atoms with E-state index >= 15 is 0 Å². The molecule has 1 aromatic heterocycles. The van der Waals surface area contributed by atoms with Gasteiger partial charge < -0.3 is 10.6 Å². The van der Waals surface area contributed by atoms with E-state index in [0.717, 1.165) is 25.2 Å². The summed E-state index contributed by atoms with van der Waals surface area (Å²) < 4.78 is 0. The number of pyridine rings is 1. The summed E-state index contributed by atoms with van der Waals surface area (Å²) in [6.45, 7) is 4.70. The van der Waals surface area contributed by atoms with Crippen molar-refractivity contribution in [2.45, 2.75) is 38.8 Å². The van der Waals surface area contributed by atoms with Gasteiger partial charge in [0.2, 0.25) is 0 Å². The minimum Gasteiger partial charge on any atom is -0.354 e. The molecule has 6 nitrogen and oxygen atoms in total. The zero-order valence-electron chi connectivity index (χ0n) is 10.7. The molecule has 2 atom stereocenters. The van der Waals surface area contributed by atoms with E-state index in [9.17, 15) is 10.1 Å². The Labute approximate surface area is 106 Å². The summed E-state index contributed by atoms with van der Waals surface area (Å²) in [5, 5.41) is 10.8. The predicted molar refractivity (Wildman–Crippen MR) is 69.6 cm³/mol. The van der Waals surface area contributed by atoms with Gasteiger partial charge in [0, 0.05) is 24.2 Å². The zero-order valence-corrected chi connectivity index (χ0v) is 10.7. The van der Waals surface area contributed by atoms with E-state index in [1.807, 2.05) is 0 Å². The van der Waals surface area contributed by atoms with Gasteiger partial charge in [-0.3, -0.25) is 10.1 Å². The smallest absolute Gasteiger partial charge is 0.290 e. The monoisotopic (exact) mass is 250 g/mol. The van der Waals surface area contributed by atoms with E-state index in [1.165, 1.54) is 6.20 Å². The van der Waals surface area contributed by atoms with Crippen LogP contribution in [0.3, 0.4) is 0 Å². The highest BCUT2D eigenvalue weighted by Gasteiger charge is 2.25. The molecule has 1 saturated heterocycles. The van der Waals surface area contributed by atoms with Gasteiger partial charge >= 0.3 is 0 Å². The molecular formula is C12H18N4O2. The number of rotatable bonds is 2. The average molecular weight is 250 g/mol. The molecule has 1 aliphatic rings. The van der Waals surface area contributed by atoms with Crippen molar-refractivity contribution in [2.24, 2.45) is 5.73 Å². The largest absolute Gasteiger partial charge is 0.354 e. The van der Waals surface area contributed by atoms with Crippen LogP contribution in [0.1, 0.15) is 25.3 Å². The highest BCUT2D eigenvalue weighted by molar-refractivity contribution is 5.49. The van der Waals surface area contributed by atoms with E-state index in [-0.39, 0.29) is 11.7 Å². The van der Waals surface area contributed by atoms with Gasteiger partial charge in [-0.05, 0) is 32.8 Å². The van der Waals surface area contributed by atoms with Crippen LogP contribution >= 0.6 is 0 Å². The summed E-state index contributed by atoms with van der Waals surface area (Å²) in [7, 11) is 0. The molecule has 0 amide bonds. The third-order valence-corrected chi connectivity index (χ3v) is 3.48. The predicted octanol–water partition coefficient (Wildman–Crippen LogP) is 1.61. The molecular weight excluding hydrogens is 232 g/mol. The first-order valence-electron chi connectivity index (χ1n) is 6.12. The molecule has 1 aliphatic heterocycles. The van der Waals surface area contributed by atoms with Crippen molar-refractivity contribution >= 4 is 11.5 Å². The van der Waals surface area contributed by atoms with E-state index < -0.39 is 4.92 Å². The molecule has 18 heavy (non-hydrogen) atoms. The van der Waals surface area contributed by atoms with E-state index in [2.05, 4.69) is 16.8 Å². The molecule has 6 heteroatoms. The van der Waals surface area contributed by atoms with Crippen LogP contribution in [-0.2, 0) is 0 Å².